The van der Waals surface area contributed by atoms with Crippen LogP contribution < -0.4 is 0 Å². The van der Waals surface area contributed by atoms with Crippen LogP contribution in [-0.2, 0) is 16.2 Å². The van der Waals surface area contributed by atoms with Gasteiger partial charge in [0.15, 0.2) is 5.82 Å². The zero-order valence-electron chi connectivity index (χ0n) is 62.6. The van der Waals surface area contributed by atoms with Crippen LogP contribution in [0.4, 0.5) is 0 Å². The molecule has 0 saturated heterocycles. The van der Waals surface area contributed by atoms with Crippen LogP contribution in [0.1, 0.15) is 361 Å². The predicted molar refractivity (Wildman–Crippen MR) is 419 cm³/mol. The lowest BCUT2D eigenvalue weighted by Gasteiger charge is -2.33. The molecule has 0 aliphatic heterocycles. The van der Waals surface area contributed by atoms with Gasteiger partial charge in [-0.1, -0.05) is 380 Å². The summed E-state index contributed by atoms with van der Waals surface area (Å²) in [6.45, 7) is 21.1. The SMILES string of the molecule is CCCCCCCCC1(CCCCCCCC)c2cc(C)ccc2-c2ccc(-c3cc(-c4ccc5c(c4)C(CCCCCCCC)(CCCCCCCC)c4cc(C)ccc4-5)nc(-c4ccc5c(c4)C(CCCCCCCC)(CCCCCCCC)c4cc(C)ccc4-5)n3)cc21. The number of hydrogen-bond acceptors (Lipinski definition) is 2. The van der Waals surface area contributed by atoms with E-state index in [0.717, 1.165) is 22.8 Å². The van der Waals surface area contributed by atoms with E-state index in [1.165, 1.54) is 336 Å². The van der Waals surface area contributed by atoms with Crippen LogP contribution in [0.2, 0.25) is 0 Å². The summed E-state index contributed by atoms with van der Waals surface area (Å²) in [5.41, 5.74) is 27.8. The number of nitrogens with zero attached hydrogens (tertiary/aromatic N) is 2. The molecule has 0 bridgehead atoms. The van der Waals surface area contributed by atoms with Crippen molar-refractivity contribution < 1.29 is 0 Å². The Kier molecular flexibility index (Phi) is 27.8. The maximum absolute atomic E-state index is 5.96. The number of unbranched alkanes of at least 4 members (excludes halogenated alkanes) is 30. The highest BCUT2D eigenvalue weighted by molar-refractivity contribution is 5.88. The molecule has 0 spiro atoms. The van der Waals surface area contributed by atoms with Gasteiger partial charge in [0.2, 0.25) is 0 Å². The summed E-state index contributed by atoms with van der Waals surface area (Å²) in [4.78, 5) is 11.9. The fourth-order valence-corrected chi connectivity index (χ4v) is 18.4. The van der Waals surface area contributed by atoms with Crippen LogP contribution in [0.25, 0.3) is 67.3 Å². The monoisotopic (exact) mass is 1290 g/mol. The number of hydrogen-bond donors (Lipinski definition) is 0. The molecule has 6 aromatic carbocycles. The molecule has 1 heterocycles. The lowest BCUT2D eigenvalue weighted by atomic mass is 9.70. The highest BCUT2D eigenvalue weighted by atomic mass is 14.9. The third-order valence-corrected chi connectivity index (χ3v) is 23.9. The van der Waals surface area contributed by atoms with Crippen LogP contribution in [0, 0.1) is 20.8 Å². The minimum atomic E-state index is -0.0476. The molecule has 0 fully saturated rings. The summed E-state index contributed by atoms with van der Waals surface area (Å²) in [7, 11) is 0. The van der Waals surface area contributed by atoms with E-state index in [2.05, 4.69) is 178 Å². The second-order valence-corrected chi connectivity index (χ2v) is 31.2. The van der Waals surface area contributed by atoms with E-state index in [9.17, 15) is 0 Å². The molecule has 0 saturated carbocycles. The lowest BCUT2D eigenvalue weighted by Crippen LogP contribution is -2.26. The van der Waals surface area contributed by atoms with Crippen molar-refractivity contribution in [3.63, 3.8) is 0 Å². The molecular weight excluding hydrogens is 1160 g/mol. The number of aromatic nitrogens is 2. The topological polar surface area (TPSA) is 25.8 Å². The molecule has 2 heteroatoms. The van der Waals surface area contributed by atoms with Gasteiger partial charge in [-0.15, -0.1) is 0 Å². The summed E-state index contributed by atoms with van der Waals surface area (Å²) < 4.78 is 0. The molecule has 3 aliphatic rings. The van der Waals surface area contributed by atoms with Crippen molar-refractivity contribution in [3.8, 4) is 67.3 Å². The Morgan fingerprint density at radius 1 is 0.219 bits per heavy atom. The van der Waals surface area contributed by atoms with Gasteiger partial charge in [0, 0.05) is 32.9 Å². The van der Waals surface area contributed by atoms with E-state index >= 15 is 0 Å². The van der Waals surface area contributed by atoms with Crippen LogP contribution in [-0.4, -0.2) is 9.97 Å². The summed E-state index contributed by atoms with van der Waals surface area (Å²) >= 11 is 0. The van der Waals surface area contributed by atoms with Gasteiger partial charge in [0.05, 0.1) is 11.4 Å². The van der Waals surface area contributed by atoms with Gasteiger partial charge in [-0.3, -0.25) is 0 Å². The molecule has 2 nitrogen and oxygen atoms in total. The number of rotatable bonds is 45. The minimum Gasteiger partial charge on any atom is -0.228 e. The summed E-state index contributed by atoms with van der Waals surface area (Å²) in [6, 6.07) is 47.6. The van der Waals surface area contributed by atoms with E-state index < -0.39 is 0 Å². The first-order chi connectivity index (χ1) is 47.1. The van der Waals surface area contributed by atoms with Gasteiger partial charge in [0.25, 0.3) is 0 Å². The standard InChI is InChI=1S/C94H130N2/c1-10-16-22-28-34-40-58-92(59-41-35-29-23-17-11-2)83-64-71(7)46-52-77(83)80-55-49-74(67-86(80)92)89-70-90(75-50-56-81-78-53-47-72(8)65-84(78)93(87(81)68-75,60-42-36-30-24-18-12-3)61-43-37-31-25-19-13-4)96-91(95-89)76-51-57-82-79-54-48-73(9)66-85(79)94(88(82)69-76,62-44-38-32-26-20-14-5)63-45-39-33-27-21-15-6/h46-57,64-70H,10-45,58-63H2,1-9H3. The Morgan fingerprint density at radius 3 is 0.688 bits per heavy atom. The van der Waals surface area contributed by atoms with Gasteiger partial charge in [-0.2, -0.15) is 0 Å². The molecule has 7 aromatic rings. The maximum Gasteiger partial charge on any atom is 0.160 e. The number of aryl methyl sites for hydroxylation is 3. The minimum absolute atomic E-state index is 0.0355. The first-order valence-corrected chi connectivity index (χ1v) is 40.8. The van der Waals surface area contributed by atoms with E-state index in [0.29, 0.717) is 0 Å². The van der Waals surface area contributed by atoms with E-state index in [-0.39, 0.29) is 16.2 Å². The van der Waals surface area contributed by atoms with E-state index in [1.54, 1.807) is 27.8 Å². The third-order valence-electron chi connectivity index (χ3n) is 23.9. The molecule has 1 aromatic heterocycles. The number of fused-ring (bicyclic) bond motifs is 9. The second kappa shape index (κ2) is 36.5. The normalized spacial score (nSPS) is 14.2. The molecule has 0 atom stereocenters. The van der Waals surface area contributed by atoms with Crippen molar-refractivity contribution in [2.75, 3.05) is 0 Å². The van der Waals surface area contributed by atoms with Gasteiger partial charge < -0.3 is 0 Å². The first kappa shape index (κ1) is 73.1. The fourth-order valence-electron chi connectivity index (χ4n) is 18.4. The average Bonchev–Trinajstić information content (AvgIpc) is 1.71. The quantitative estimate of drug-likeness (QED) is 0.0356. The van der Waals surface area contributed by atoms with Crippen LogP contribution in [0.5, 0.6) is 0 Å². The Bertz CT molecular complexity index is 3120. The molecule has 0 N–H and O–H groups in total. The predicted octanol–water partition coefficient (Wildman–Crippen LogP) is 29.7. The molecule has 96 heavy (non-hydrogen) atoms. The lowest BCUT2D eigenvalue weighted by molar-refractivity contribution is 0.398. The van der Waals surface area contributed by atoms with E-state index in [4.69, 9.17) is 9.97 Å². The van der Waals surface area contributed by atoms with Crippen LogP contribution in [0.15, 0.2) is 115 Å². The molecule has 0 unspecified atom stereocenters. The average molecular weight is 1290 g/mol. The fraction of sp³-hybridized carbons (Fsp3) is 0.574. The van der Waals surface area contributed by atoms with Gasteiger partial charge in [0.1, 0.15) is 0 Å². The highest BCUT2D eigenvalue weighted by Crippen LogP contribution is 2.59. The van der Waals surface area contributed by atoms with Gasteiger partial charge >= 0.3 is 0 Å². The molecular formula is C94H130N2. The Hall–Kier alpha value is -5.60. The van der Waals surface area contributed by atoms with Gasteiger partial charge in [-0.05, 0) is 150 Å². The summed E-state index contributed by atoms with van der Waals surface area (Å²) in [6.07, 6.45) is 54.5. The highest BCUT2D eigenvalue weighted by Gasteiger charge is 2.46. The van der Waals surface area contributed by atoms with Crippen molar-refractivity contribution in [2.24, 2.45) is 0 Å². The number of benzene rings is 6. The molecule has 0 amide bonds. The van der Waals surface area contributed by atoms with Crippen molar-refractivity contribution in [1.82, 2.24) is 9.97 Å². The van der Waals surface area contributed by atoms with Crippen molar-refractivity contribution in [2.45, 2.75) is 348 Å². The molecule has 516 valence electrons. The Morgan fingerprint density at radius 2 is 0.427 bits per heavy atom. The summed E-state index contributed by atoms with van der Waals surface area (Å²) in [5.74, 6) is 0.861. The van der Waals surface area contributed by atoms with Crippen LogP contribution >= 0.6 is 0 Å². The zero-order valence-corrected chi connectivity index (χ0v) is 62.6. The van der Waals surface area contributed by atoms with Gasteiger partial charge in [-0.25, -0.2) is 9.97 Å². The van der Waals surface area contributed by atoms with E-state index in [1.807, 2.05) is 0 Å². The largest absolute Gasteiger partial charge is 0.228 e. The smallest absolute Gasteiger partial charge is 0.160 e. The Balaban J connectivity index is 1.15. The van der Waals surface area contributed by atoms with Crippen molar-refractivity contribution in [3.05, 3.63) is 165 Å². The Labute approximate surface area is 587 Å². The molecule has 0 radical (unpaired) electrons. The van der Waals surface area contributed by atoms with Crippen molar-refractivity contribution in [1.29, 1.82) is 0 Å². The van der Waals surface area contributed by atoms with Crippen molar-refractivity contribution >= 4 is 0 Å². The zero-order chi connectivity index (χ0) is 67.2. The molecule has 3 aliphatic carbocycles. The second-order valence-electron chi connectivity index (χ2n) is 31.2. The molecule has 10 rings (SSSR count). The third kappa shape index (κ3) is 17.2. The summed E-state index contributed by atoms with van der Waals surface area (Å²) in [5, 5.41) is 0. The maximum atomic E-state index is 5.96. The first-order valence-electron chi connectivity index (χ1n) is 40.8. The van der Waals surface area contributed by atoms with Crippen LogP contribution in [0.3, 0.4) is 0 Å².